The zero-order valence-electron chi connectivity index (χ0n) is 11.0. The third-order valence-corrected chi connectivity index (χ3v) is 5.11. The molecule has 3 heterocycles. The SMILES string of the molecule is O=c1ccnc2sc(NC3CCCC4OCCC34)nn12. The molecule has 7 heteroatoms. The molecule has 2 aromatic rings. The van der Waals surface area contributed by atoms with Gasteiger partial charge in [0.1, 0.15) is 0 Å². The number of nitrogens with zero attached hydrogens (tertiary/aromatic N) is 3. The van der Waals surface area contributed by atoms with Gasteiger partial charge in [0.15, 0.2) is 0 Å². The van der Waals surface area contributed by atoms with Gasteiger partial charge in [-0.2, -0.15) is 4.52 Å². The Morgan fingerprint density at radius 2 is 2.35 bits per heavy atom. The molecule has 3 unspecified atom stereocenters. The normalized spacial score (nSPS) is 29.5. The fraction of sp³-hybridized carbons (Fsp3) is 0.615. The minimum absolute atomic E-state index is 0.134. The van der Waals surface area contributed by atoms with Gasteiger partial charge in [-0.05, 0) is 25.7 Å². The van der Waals surface area contributed by atoms with E-state index in [9.17, 15) is 4.79 Å². The highest BCUT2D eigenvalue weighted by molar-refractivity contribution is 7.20. The van der Waals surface area contributed by atoms with Crippen LogP contribution in [0, 0.1) is 5.92 Å². The zero-order valence-corrected chi connectivity index (χ0v) is 11.8. The van der Waals surface area contributed by atoms with Gasteiger partial charge in [-0.15, -0.1) is 5.10 Å². The molecule has 2 aliphatic rings. The van der Waals surface area contributed by atoms with Crippen LogP contribution in [0.25, 0.3) is 4.96 Å². The molecule has 0 bridgehead atoms. The highest BCUT2D eigenvalue weighted by atomic mass is 32.1. The zero-order chi connectivity index (χ0) is 13.5. The Bertz CT molecular complexity index is 682. The summed E-state index contributed by atoms with van der Waals surface area (Å²) in [6.07, 6.45) is 6.54. The molecule has 1 saturated heterocycles. The van der Waals surface area contributed by atoms with Gasteiger partial charge in [-0.3, -0.25) is 4.79 Å². The number of rotatable bonds is 2. The summed E-state index contributed by atoms with van der Waals surface area (Å²) in [5.41, 5.74) is -0.134. The fourth-order valence-electron chi connectivity index (χ4n) is 3.32. The van der Waals surface area contributed by atoms with Crippen LogP contribution in [0.1, 0.15) is 25.7 Å². The third kappa shape index (κ3) is 2.01. The minimum atomic E-state index is -0.134. The second-order valence-electron chi connectivity index (χ2n) is 5.43. The Hall–Kier alpha value is -1.47. The Labute approximate surface area is 119 Å². The van der Waals surface area contributed by atoms with Crippen molar-refractivity contribution in [2.75, 3.05) is 11.9 Å². The first-order chi connectivity index (χ1) is 9.81. The van der Waals surface area contributed by atoms with E-state index >= 15 is 0 Å². The molecule has 1 saturated carbocycles. The molecule has 1 aliphatic heterocycles. The number of hydrogen-bond donors (Lipinski definition) is 1. The molecule has 106 valence electrons. The Morgan fingerprint density at radius 1 is 1.40 bits per heavy atom. The van der Waals surface area contributed by atoms with E-state index in [1.165, 1.54) is 41.0 Å². The van der Waals surface area contributed by atoms with E-state index in [2.05, 4.69) is 15.4 Å². The van der Waals surface area contributed by atoms with Crippen LogP contribution in [-0.4, -0.2) is 33.4 Å². The molecular weight excluding hydrogens is 276 g/mol. The van der Waals surface area contributed by atoms with Crippen molar-refractivity contribution in [3.63, 3.8) is 0 Å². The lowest BCUT2D eigenvalue weighted by Crippen LogP contribution is -2.38. The van der Waals surface area contributed by atoms with Crippen molar-refractivity contribution in [2.24, 2.45) is 5.92 Å². The van der Waals surface area contributed by atoms with Crippen molar-refractivity contribution in [3.8, 4) is 0 Å². The maximum Gasteiger partial charge on any atom is 0.275 e. The van der Waals surface area contributed by atoms with E-state index in [1.54, 1.807) is 0 Å². The number of fused-ring (bicyclic) bond motifs is 2. The van der Waals surface area contributed by atoms with Crippen LogP contribution in [-0.2, 0) is 4.74 Å². The summed E-state index contributed by atoms with van der Waals surface area (Å²) >= 11 is 1.43. The van der Waals surface area contributed by atoms with Crippen LogP contribution >= 0.6 is 11.3 Å². The average Bonchev–Trinajstić information content (AvgIpc) is 3.06. The monoisotopic (exact) mass is 292 g/mol. The highest BCUT2D eigenvalue weighted by Gasteiger charge is 2.37. The summed E-state index contributed by atoms with van der Waals surface area (Å²) in [5, 5.41) is 8.60. The van der Waals surface area contributed by atoms with E-state index in [0.717, 1.165) is 24.6 Å². The van der Waals surface area contributed by atoms with Gasteiger partial charge >= 0.3 is 0 Å². The summed E-state index contributed by atoms with van der Waals surface area (Å²) in [4.78, 5) is 16.5. The van der Waals surface area contributed by atoms with Crippen molar-refractivity contribution >= 4 is 21.4 Å². The molecule has 3 atom stereocenters. The number of nitrogens with one attached hydrogen (secondary N) is 1. The predicted molar refractivity (Wildman–Crippen MR) is 76.2 cm³/mol. The van der Waals surface area contributed by atoms with Crippen LogP contribution in [0.15, 0.2) is 17.1 Å². The lowest BCUT2D eigenvalue weighted by molar-refractivity contribution is 0.0620. The maximum atomic E-state index is 11.7. The topological polar surface area (TPSA) is 68.5 Å². The standard InChI is InChI=1S/C13H16N4O2S/c18-11-4-6-14-13-17(11)16-12(20-13)15-9-2-1-3-10-8(9)5-7-19-10/h4,6,8-10H,1-3,5,7H2,(H,15,16). The smallest absolute Gasteiger partial charge is 0.275 e. The number of hydrogen-bond acceptors (Lipinski definition) is 6. The molecule has 0 aromatic carbocycles. The number of anilines is 1. The Morgan fingerprint density at radius 3 is 3.25 bits per heavy atom. The fourth-order valence-corrected chi connectivity index (χ4v) is 4.15. The average molecular weight is 292 g/mol. The quantitative estimate of drug-likeness (QED) is 0.909. The first-order valence-electron chi connectivity index (χ1n) is 7.04. The van der Waals surface area contributed by atoms with Gasteiger partial charge in [-0.25, -0.2) is 4.98 Å². The second kappa shape index (κ2) is 4.82. The molecule has 20 heavy (non-hydrogen) atoms. The molecule has 6 nitrogen and oxygen atoms in total. The van der Waals surface area contributed by atoms with E-state index < -0.39 is 0 Å². The van der Waals surface area contributed by atoms with Crippen molar-refractivity contribution in [1.29, 1.82) is 0 Å². The van der Waals surface area contributed by atoms with Crippen molar-refractivity contribution in [1.82, 2.24) is 14.6 Å². The summed E-state index contributed by atoms with van der Waals surface area (Å²) < 4.78 is 7.14. The van der Waals surface area contributed by atoms with Gasteiger partial charge in [0, 0.05) is 30.8 Å². The van der Waals surface area contributed by atoms with Crippen molar-refractivity contribution in [2.45, 2.75) is 37.8 Å². The van der Waals surface area contributed by atoms with E-state index in [1.807, 2.05) is 0 Å². The molecule has 0 radical (unpaired) electrons. The first-order valence-corrected chi connectivity index (χ1v) is 7.86. The summed E-state index contributed by atoms with van der Waals surface area (Å²) in [6.45, 7) is 0.869. The maximum absolute atomic E-state index is 11.7. The summed E-state index contributed by atoms with van der Waals surface area (Å²) in [6, 6.07) is 1.82. The molecule has 1 aliphatic carbocycles. The van der Waals surface area contributed by atoms with Crippen molar-refractivity contribution in [3.05, 3.63) is 22.6 Å². The minimum Gasteiger partial charge on any atom is -0.378 e. The number of aromatic nitrogens is 3. The van der Waals surface area contributed by atoms with Gasteiger partial charge < -0.3 is 10.1 Å². The molecule has 0 amide bonds. The van der Waals surface area contributed by atoms with Crippen LogP contribution in [0.3, 0.4) is 0 Å². The molecule has 4 rings (SSSR count). The lowest BCUT2D eigenvalue weighted by atomic mass is 9.82. The van der Waals surface area contributed by atoms with E-state index in [-0.39, 0.29) is 5.56 Å². The molecular formula is C13H16N4O2S. The van der Waals surface area contributed by atoms with Gasteiger partial charge in [0.2, 0.25) is 10.1 Å². The van der Waals surface area contributed by atoms with Gasteiger partial charge in [-0.1, -0.05) is 11.3 Å². The Balaban J connectivity index is 1.60. The molecule has 0 spiro atoms. The highest BCUT2D eigenvalue weighted by Crippen LogP contribution is 2.36. The predicted octanol–water partition coefficient (Wildman–Crippen LogP) is 1.52. The van der Waals surface area contributed by atoms with Crippen molar-refractivity contribution < 1.29 is 4.74 Å². The summed E-state index contributed by atoms with van der Waals surface area (Å²) in [5.74, 6) is 0.570. The Kier molecular flexibility index (Phi) is 2.96. The lowest BCUT2D eigenvalue weighted by Gasteiger charge is -2.32. The van der Waals surface area contributed by atoms with Gasteiger partial charge in [0.25, 0.3) is 5.56 Å². The second-order valence-corrected chi connectivity index (χ2v) is 6.38. The van der Waals surface area contributed by atoms with E-state index in [0.29, 0.717) is 23.0 Å². The molecule has 2 fully saturated rings. The van der Waals surface area contributed by atoms with Gasteiger partial charge in [0.05, 0.1) is 6.10 Å². The van der Waals surface area contributed by atoms with Crippen LogP contribution in [0.4, 0.5) is 5.13 Å². The number of ether oxygens (including phenoxy) is 1. The molecule has 1 N–H and O–H groups in total. The van der Waals surface area contributed by atoms with Crippen LogP contribution in [0.2, 0.25) is 0 Å². The van der Waals surface area contributed by atoms with E-state index in [4.69, 9.17) is 4.74 Å². The largest absolute Gasteiger partial charge is 0.378 e. The summed E-state index contributed by atoms with van der Waals surface area (Å²) in [7, 11) is 0. The van der Waals surface area contributed by atoms with Crippen LogP contribution in [0.5, 0.6) is 0 Å². The third-order valence-electron chi connectivity index (χ3n) is 4.26. The first kappa shape index (κ1) is 12.3. The van der Waals surface area contributed by atoms with Crippen LogP contribution < -0.4 is 10.9 Å². The molecule has 2 aromatic heterocycles.